The van der Waals surface area contributed by atoms with Crippen LogP contribution in [0.3, 0.4) is 0 Å². The number of anilines is 1. The van der Waals surface area contributed by atoms with Crippen molar-refractivity contribution in [3.63, 3.8) is 0 Å². The van der Waals surface area contributed by atoms with Crippen LogP contribution in [0.15, 0.2) is 69.6 Å². The maximum atomic E-state index is 13.4. The molecular formula is C21H18Br2FNO. The Kier molecular flexibility index (Phi) is 6.33. The highest BCUT2D eigenvalue weighted by molar-refractivity contribution is 9.11. The van der Waals surface area contributed by atoms with Crippen molar-refractivity contribution in [3.8, 4) is 5.75 Å². The van der Waals surface area contributed by atoms with Gasteiger partial charge in [0.05, 0.1) is 4.47 Å². The zero-order valence-corrected chi connectivity index (χ0v) is 17.4. The van der Waals surface area contributed by atoms with E-state index in [1.54, 1.807) is 6.07 Å². The fourth-order valence-electron chi connectivity index (χ4n) is 2.56. The van der Waals surface area contributed by atoms with E-state index in [1.807, 2.05) is 18.2 Å². The second kappa shape index (κ2) is 8.69. The third-order valence-corrected chi connectivity index (χ3v) is 4.94. The van der Waals surface area contributed by atoms with Crippen molar-refractivity contribution >= 4 is 37.5 Å². The van der Waals surface area contributed by atoms with Gasteiger partial charge in [-0.2, -0.15) is 0 Å². The first-order valence-corrected chi connectivity index (χ1v) is 9.75. The highest BCUT2D eigenvalue weighted by Crippen LogP contribution is 2.34. The minimum Gasteiger partial charge on any atom is -0.487 e. The molecule has 0 saturated carbocycles. The first kappa shape index (κ1) is 18.9. The van der Waals surface area contributed by atoms with Gasteiger partial charge in [-0.15, -0.1) is 0 Å². The molecule has 1 N–H and O–H groups in total. The summed E-state index contributed by atoms with van der Waals surface area (Å²) in [6, 6.07) is 18.6. The molecule has 26 heavy (non-hydrogen) atoms. The van der Waals surface area contributed by atoms with Gasteiger partial charge in [0.25, 0.3) is 0 Å². The first-order valence-electron chi connectivity index (χ1n) is 8.17. The van der Waals surface area contributed by atoms with E-state index in [1.165, 1.54) is 17.7 Å². The average molecular weight is 479 g/mol. The second-order valence-corrected chi connectivity index (χ2v) is 7.78. The van der Waals surface area contributed by atoms with Crippen molar-refractivity contribution in [1.29, 1.82) is 0 Å². The Labute approximate surface area is 169 Å². The van der Waals surface area contributed by atoms with Crippen molar-refractivity contribution in [2.45, 2.75) is 20.1 Å². The molecule has 0 spiro atoms. The second-order valence-electron chi connectivity index (χ2n) is 6.01. The van der Waals surface area contributed by atoms with E-state index < -0.39 is 0 Å². The molecule has 3 rings (SSSR count). The lowest BCUT2D eigenvalue weighted by Crippen LogP contribution is -2.05. The number of aryl methyl sites for hydroxylation is 1. The summed E-state index contributed by atoms with van der Waals surface area (Å²) in [6.07, 6.45) is 0. The summed E-state index contributed by atoms with van der Waals surface area (Å²) < 4.78 is 21.2. The molecule has 0 heterocycles. The number of rotatable bonds is 6. The van der Waals surface area contributed by atoms with E-state index in [9.17, 15) is 4.39 Å². The van der Waals surface area contributed by atoms with Crippen LogP contribution in [0.25, 0.3) is 0 Å². The molecule has 3 aromatic carbocycles. The molecule has 0 aromatic heterocycles. The van der Waals surface area contributed by atoms with Crippen molar-refractivity contribution in [2.75, 3.05) is 5.32 Å². The van der Waals surface area contributed by atoms with Crippen LogP contribution in [0.5, 0.6) is 5.75 Å². The molecule has 2 nitrogen and oxygen atoms in total. The number of nitrogens with one attached hydrogen (secondary N) is 1. The number of benzene rings is 3. The summed E-state index contributed by atoms with van der Waals surface area (Å²) in [6.45, 7) is 2.97. The minimum absolute atomic E-state index is 0.262. The molecule has 0 fully saturated rings. The predicted molar refractivity (Wildman–Crippen MR) is 111 cm³/mol. The third-order valence-electron chi connectivity index (χ3n) is 3.89. The zero-order chi connectivity index (χ0) is 18.5. The number of ether oxygens (including phenoxy) is 1. The van der Waals surface area contributed by atoms with Gasteiger partial charge in [0, 0.05) is 22.3 Å². The summed E-state index contributed by atoms with van der Waals surface area (Å²) in [5, 5.41) is 3.41. The molecule has 3 aromatic rings. The minimum atomic E-state index is -0.262. The van der Waals surface area contributed by atoms with Crippen LogP contribution in [-0.4, -0.2) is 0 Å². The Morgan fingerprint density at radius 1 is 1.00 bits per heavy atom. The topological polar surface area (TPSA) is 21.3 Å². The first-order chi connectivity index (χ1) is 12.5. The van der Waals surface area contributed by atoms with Crippen LogP contribution in [0.2, 0.25) is 0 Å². The smallest absolute Gasteiger partial charge is 0.139 e. The van der Waals surface area contributed by atoms with Crippen LogP contribution in [0.1, 0.15) is 16.7 Å². The van der Waals surface area contributed by atoms with Gasteiger partial charge in [-0.25, -0.2) is 4.39 Å². The molecule has 0 aliphatic carbocycles. The maximum absolute atomic E-state index is 13.4. The molecule has 134 valence electrons. The van der Waals surface area contributed by atoms with Gasteiger partial charge in [0.1, 0.15) is 18.2 Å². The van der Waals surface area contributed by atoms with Gasteiger partial charge in [-0.3, -0.25) is 0 Å². The van der Waals surface area contributed by atoms with Gasteiger partial charge in [-0.1, -0.05) is 45.8 Å². The molecule has 0 aliphatic rings. The Bertz CT molecular complexity index is 897. The van der Waals surface area contributed by atoms with Crippen LogP contribution in [0, 0.1) is 12.7 Å². The van der Waals surface area contributed by atoms with Gasteiger partial charge < -0.3 is 10.1 Å². The zero-order valence-electron chi connectivity index (χ0n) is 14.2. The monoisotopic (exact) mass is 477 g/mol. The molecule has 0 unspecified atom stereocenters. The summed E-state index contributed by atoms with van der Waals surface area (Å²) in [5.41, 5.74) is 4.06. The molecule has 5 heteroatoms. The molecule has 0 saturated heterocycles. The summed E-state index contributed by atoms with van der Waals surface area (Å²) in [7, 11) is 0. The van der Waals surface area contributed by atoms with E-state index in [2.05, 4.69) is 68.4 Å². The molecule has 0 radical (unpaired) electrons. The highest BCUT2D eigenvalue weighted by Gasteiger charge is 2.11. The standard InChI is InChI=1S/C21H18Br2FNO/c1-14-5-7-19(8-6-14)25-12-16-10-17(22)11-20(23)21(16)26-13-15-3-2-4-18(24)9-15/h2-11,25H,12-13H2,1H3. The molecule has 0 bridgehead atoms. The van der Waals surface area contributed by atoms with Gasteiger partial charge in [0.2, 0.25) is 0 Å². The van der Waals surface area contributed by atoms with E-state index >= 15 is 0 Å². The van der Waals surface area contributed by atoms with Crippen LogP contribution < -0.4 is 10.1 Å². The van der Waals surface area contributed by atoms with E-state index in [-0.39, 0.29) is 5.82 Å². The van der Waals surface area contributed by atoms with E-state index in [0.717, 1.165) is 31.5 Å². The SMILES string of the molecule is Cc1ccc(NCc2cc(Br)cc(Br)c2OCc2cccc(F)c2)cc1. The Balaban J connectivity index is 1.76. The molecule has 0 aliphatic heterocycles. The van der Waals surface area contributed by atoms with Crippen molar-refractivity contribution in [2.24, 2.45) is 0 Å². The Hall–Kier alpha value is -1.85. The van der Waals surface area contributed by atoms with Crippen LogP contribution in [0.4, 0.5) is 10.1 Å². The van der Waals surface area contributed by atoms with Gasteiger partial charge in [0.15, 0.2) is 0 Å². The summed E-state index contributed by atoms with van der Waals surface area (Å²) >= 11 is 7.09. The molecular weight excluding hydrogens is 461 g/mol. The lowest BCUT2D eigenvalue weighted by Gasteiger charge is -2.15. The van der Waals surface area contributed by atoms with Crippen molar-refractivity contribution in [1.82, 2.24) is 0 Å². The molecule has 0 amide bonds. The van der Waals surface area contributed by atoms with E-state index in [0.29, 0.717) is 13.2 Å². The average Bonchev–Trinajstić information content (AvgIpc) is 2.60. The van der Waals surface area contributed by atoms with Crippen LogP contribution in [-0.2, 0) is 13.2 Å². The summed E-state index contributed by atoms with van der Waals surface area (Å²) in [4.78, 5) is 0. The number of hydrogen-bond donors (Lipinski definition) is 1. The number of hydrogen-bond acceptors (Lipinski definition) is 2. The largest absolute Gasteiger partial charge is 0.487 e. The Morgan fingerprint density at radius 2 is 1.77 bits per heavy atom. The van der Waals surface area contributed by atoms with Gasteiger partial charge >= 0.3 is 0 Å². The molecule has 0 atom stereocenters. The van der Waals surface area contributed by atoms with Gasteiger partial charge in [-0.05, 0) is 64.8 Å². The maximum Gasteiger partial charge on any atom is 0.139 e. The quantitative estimate of drug-likeness (QED) is 0.418. The van der Waals surface area contributed by atoms with Crippen molar-refractivity contribution in [3.05, 3.63) is 92.1 Å². The highest BCUT2D eigenvalue weighted by atomic mass is 79.9. The Morgan fingerprint density at radius 3 is 2.50 bits per heavy atom. The lowest BCUT2D eigenvalue weighted by atomic mass is 10.1. The van der Waals surface area contributed by atoms with Crippen LogP contribution >= 0.6 is 31.9 Å². The number of halogens is 3. The van der Waals surface area contributed by atoms with E-state index in [4.69, 9.17) is 4.74 Å². The van der Waals surface area contributed by atoms with Crippen molar-refractivity contribution < 1.29 is 9.13 Å². The normalized spacial score (nSPS) is 10.6. The lowest BCUT2D eigenvalue weighted by molar-refractivity contribution is 0.300. The fourth-order valence-corrected chi connectivity index (χ4v) is 3.99. The predicted octanol–water partition coefficient (Wildman–Crippen LogP) is 6.85. The summed E-state index contributed by atoms with van der Waals surface area (Å²) in [5.74, 6) is 0.485. The third kappa shape index (κ3) is 5.08. The fraction of sp³-hybridized carbons (Fsp3) is 0.143.